The van der Waals surface area contributed by atoms with E-state index in [9.17, 15) is 4.39 Å². The minimum atomic E-state index is -0.317. The van der Waals surface area contributed by atoms with Crippen molar-refractivity contribution in [2.24, 2.45) is 5.92 Å². The highest BCUT2D eigenvalue weighted by Gasteiger charge is 2.20. The first kappa shape index (κ1) is 14.9. The maximum Gasteiger partial charge on any atom is 0.135 e. The largest absolute Gasteiger partial charge is 0.489 e. The van der Waals surface area contributed by atoms with Gasteiger partial charge in [0, 0.05) is 6.42 Å². The van der Waals surface area contributed by atoms with Crippen LogP contribution in [-0.2, 0) is 0 Å². The van der Waals surface area contributed by atoms with Crippen molar-refractivity contribution >= 4 is 0 Å². The van der Waals surface area contributed by atoms with Crippen molar-refractivity contribution in [2.45, 2.75) is 45.1 Å². The van der Waals surface area contributed by atoms with E-state index in [1.54, 1.807) is 6.07 Å². The molecule has 1 N–H and O–H groups in total. The summed E-state index contributed by atoms with van der Waals surface area (Å²) in [5.41, 5.74) is 0.567. The molecule has 0 atom stereocenters. The molecule has 1 aromatic rings. The molecule has 0 unspecified atom stereocenters. The predicted octanol–water partition coefficient (Wildman–Crippen LogP) is 3.52. The SMILES string of the molecule is CC1CCC(Oc2ccc(F)cc2C#CCCO)CC1. The lowest BCUT2D eigenvalue weighted by Gasteiger charge is -2.27. The second-order valence-corrected chi connectivity index (χ2v) is 5.42. The normalized spacial score (nSPS) is 21.9. The van der Waals surface area contributed by atoms with Crippen molar-refractivity contribution in [2.75, 3.05) is 6.61 Å². The minimum Gasteiger partial charge on any atom is -0.489 e. The molecule has 0 aliphatic heterocycles. The lowest BCUT2D eigenvalue weighted by molar-refractivity contribution is 0.135. The van der Waals surface area contributed by atoms with Crippen LogP contribution in [0.3, 0.4) is 0 Å². The molecule has 108 valence electrons. The molecule has 0 saturated heterocycles. The van der Waals surface area contributed by atoms with Crippen molar-refractivity contribution in [1.82, 2.24) is 0 Å². The number of aliphatic hydroxyl groups excluding tert-OH is 1. The number of benzene rings is 1. The number of hydrogen-bond acceptors (Lipinski definition) is 2. The summed E-state index contributed by atoms with van der Waals surface area (Å²) < 4.78 is 19.3. The maximum atomic E-state index is 13.3. The summed E-state index contributed by atoms with van der Waals surface area (Å²) in [6.07, 6.45) is 5.03. The Kier molecular flexibility index (Phi) is 5.43. The van der Waals surface area contributed by atoms with Crippen LogP contribution < -0.4 is 4.74 Å². The second-order valence-electron chi connectivity index (χ2n) is 5.42. The van der Waals surface area contributed by atoms with Crippen LogP contribution in [0.2, 0.25) is 0 Å². The monoisotopic (exact) mass is 276 g/mol. The molecule has 0 bridgehead atoms. The lowest BCUT2D eigenvalue weighted by atomic mass is 9.89. The Balaban J connectivity index is 2.08. The van der Waals surface area contributed by atoms with Crippen LogP contribution in [0.5, 0.6) is 5.75 Å². The predicted molar refractivity (Wildman–Crippen MR) is 77.0 cm³/mol. The third kappa shape index (κ3) is 4.25. The molecule has 1 aromatic carbocycles. The third-order valence-corrected chi connectivity index (χ3v) is 3.66. The summed E-state index contributed by atoms with van der Waals surface area (Å²) >= 11 is 0. The molecule has 2 rings (SSSR count). The molecule has 0 aromatic heterocycles. The van der Waals surface area contributed by atoms with Gasteiger partial charge in [-0.25, -0.2) is 4.39 Å². The summed E-state index contributed by atoms with van der Waals surface area (Å²) in [5.74, 6) is 6.80. The van der Waals surface area contributed by atoms with Gasteiger partial charge in [-0.2, -0.15) is 0 Å². The van der Waals surface area contributed by atoms with E-state index in [-0.39, 0.29) is 18.5 Å². The third-order valence-electron chi connectivity index (χ3n) is 3.66. The summed E-state index contributed by atoms with van der Waals surface area (Å²) in [6.45, 7) is 2.28. The van der Waals surface area contributed by atoms with E-state index in [1.165, 1.54) is 25.0 Å². The average Bonchev–Trinajstić information content (AvgIpc) is 2.44. The number of aliphatic hydroxyl groups is 1. The smallest absolute Gasteiger partial charge is 0.135 e. The standard InChI is InChI=1S/C17H21FO2/c1-13-5-8-16(9-6-13)20-17-10-7-15(18)12-14(17)4-2-3-11-19/h7,10,12-13,16,19H,3,5-6,8-9,11H2,1H3. The number of rotatable bonds is 3. The molecule has 3 heteroatoms. The van der Waals surface area contributed by atoms with Crippen LogP contribution >= 0.6 is 0 Å². The fourth-order valence-electron chi connectivity index (χ4n) is 2.44. The van der Waals surface area contributed by atoms with E-state index in [0.29, 0.717) is 17.7 Å². The molecule has 0 radical (unpaired) electrons. The van der Waals surface area contributed by atoms with Crippen LogP contribution in [-0.4, -0.2) is 17.8 Å². The van der Waals surface area contributed by atoms with Gasteiger partial charge in [0.05, 0.1) is 18.3 Å². The van der Waals surface area contributed by atoms with Gasteiger partial charge < -0.3 is 9.84 Å². The van der Waals surface area contributed by atoms with Crippen molar-refractivity contribution in [3.63, 3.8) is 0 Å². The Morgan fingerprint density at radius 2 is 2.05 bits per heavy atom. The van der Waals surface area contributed by atoms with Crippen LogP contribution in [0.25, 0.3) is 0 Å². The molecule has 2 nitrogen and oxygen atoms in total. The molecule has 0 amide bonds. The van der Waals surface area contributed by atoms with Gasteiger partial charge in [-0.1, -0.05) is 18.8 Å². The molecule has 1 aliphatic carbocycles. The summed E-state index contributed by atoms with van der Waals surface area (Å²) in [4.78, 5) is 0. The van der Waals surface area contributed by atoms with Crippen LogP contribution in [0, 0.1) is 23.6 Å². The molecule has 1 saturated carbocycles. The fourth-order valence-corrected chi connectivity index (χ4v) is 2.44. The van der Waals surface area contributed by atoms with Gasteiger partial charge in [0.25, 0.3) is 0 Å². The molecule has 1 fully saturated rings. The van der Waals surface area contributed by atoms with Gasteiger partial charge in [-0.15, -0.1) is 0 Å². The molecule has 0 spiro atoms. The molecule has 20 heavy (non-hydrogen) atoms. The van der Waals surface area contributed by atoms with Crippen molar-refractivity contribution in [1.29, 1.82) is 0 Å². The molecular weight excluding hydrogens is 255 g/mol. The number of ether oxygens (including phenoxy) is 1. The van der Waals surface area contributed by atoms with Crippen LogP contribution in [0.4, 0.5) is 4.39 Å². The topological polar surface area (TPSA) is 29.5 Å². The van der Waals surface area contributed by atoms with Crippen molar-refractivity contribution < 1.29 is 14.2 Å². The van der Waals surface area contributed by atoms with Crippen molar-refractivity contribution in [3.8, 4) is 17.6 Å². The fraction of sp³-hybridized carbons (Fsp3) is 0.529. The lowest BCUT2D eigenvalue weighted by Crippen LogP contribution is -2.23. The van der Waals surface area contributed by atoms with Gasteiger partial charge in [0.1, 0.15) is 11.6 Å². The van der Waals surface area contributed by atoms with Gasteiger partial charge in [-0.3, -0.25) is 0 Å². The van der Waals surface area contributed by atoms with E-state index >= 15 is 0 Å². The molecular formula is C17H21FO2. The zero-order valence-corrected chi connectivity index (χ0v) is 11.9. The van der Waals surface area contributed by atoms with Gasteiger partial charge in [-0.05, 0) is 49.8 Å². The minimum absolute atomic E-state index is 0.0129. The first-order valence-corrected chi connectivity index (χ1v) is 7.25. The van der Waals surface area contributed by atoms with Crippen LogP contribution in [0.1, 0.15) is 44.6 Å². The first-order valence-electron chi connectivity index (χ1n) is 7.25. The van der Waals surface area contributed by atoms with E-state index in [0.717, 1.165) is 18.8 Å². The van der Waals surface area contributed by atoms with E-state index in [4.69, 9.17) is 9.84 Å². The molecule has 0 heterocycles. The highest BCUT2D eigenvalue weighted by molar-refractivity contribution is 5.46. The van der Waals surface area contributed by atoms with Crippen LogP contribution in [0.15, 0.2) is 18.2 Å². The number of halogens is 1. The zero-order chi connectivity index (χ0) is 14.4. The van der Waals surface area contributed by atoms with E-state index < -0.39 is 0 Å². The Bertz CT molecular complexity index is 493. The Morgan fingerprint density at radius 1 is 1.30 bits per heavy atom. The summed E-state index contributed by atoms with van der Waals surface area (Å²) in [6, 6.07) is 4.44. The Morgan fingerprint density at radius 3 is 2.75 bits per heavy atom. The van der Waals surface area contributed by atoms with Gasteiger partial charge in [0.15, 0.2) is 0 Å². The first-order chi connectivity index (χ1) is 9.69. The maximum absolute atomic E-state index is 13.3. The zero-order valence-electron chi connectivity index (χ0n) is 11.9. The van der Waals surface area contributed by atoms with Crippen molar-refractivity contribution in [3.05, 3.63) is 29.6 Å². The van der Waals surface area contributed by atoms with Gasteiger partial charge in [0.2, 0.25) is 0 Å². The highest BCUT2D eigenvalue weighted by Crippen LogP contribution is 2.28. The Hall–Kier alpha value is -1.53. The summed E-state index contributed by atoms with van der Waals surface area (Å²) in [5, 5.41) is 8.75. The van der Waals surface area contributed by atoms with E-state index in [2.05, 4.69) is 18.8 Å². The quantitative estimate of drug-likeness (QED) is 0.856. The number of hydrogen-bond donors (Lipinski definition) is 1. The van der Waals surface area contributed by atoms with Gasteiger partial charge >= 0.3 is 0 Å². The average molecular weight is 276 g/mol. The Labute approximate surface area is 120 Å². The van der Waals surface area contributed by atoms with E-state index in [1.807, 2.05) is 0 Å². The second kappa shape index (κ2) is 7.31. The highest BCUT2D eigenvalue weighted by atomic mass is 19.1. The molecule has 1 aliphatic rings. The summed E-state index contributed by atoms with van der Waals surface area (Å²) in [7, 11) is 0.